The molecule has 0 saturated carbocycles. The molecule has 0 saturated heterocycles. The number of sulfonamides is 1. The number of nitrogens with one attached hydrogen (secondary N) is 1. The molecule has 108 valence electrons. The normalized spacial score (nSPS) is 18.9. The van der Waals surface area contributed by atoms with Crippen LogP contribution in [0, 0.1) is 0 Å². The summed E-state index contributed by atoms with van der Waals surface area (Å²) < 4.78 is 27.9. The van der Waals surface area contributed by atoms with Crippen molar-refractivity contribution in [2.75, 3.05) is 0 Å². The lowest BCUT2D eigenvalue weighted by Crippen LogP contribution is -2.46. The molecule has 0 aromatic heterocycles. The van der Waals surface area contributed by atoms with Gasteiger partial charge in [0, 0.05) is 0 Å². The van der Waals surface area contributed by atoms with Crippen LogP contribution in [0.15, 0.2) is 57.5 Å². The van der Waals surface area contributed by atoms with Gasteiger partial charge in [0.1, 0.15) is 0 Å². The van der Waals surface area contributed by atoms with E-state index >= 15 is 0 Å². The average molecular weight is 291 g/mol. The minimum atomic E-state index is -3.53. The number of allylic oxidation sites excluding steroid dienone is 2. The molecular formula is C16H21NO2S. The number of hydrogen-bond donors (Lipinski definition) is 1. The first-order chi connectivity index (χ1) is 9.20. The van der Waals surface area contributed by atoms with E-state index in [9.17, 15) is 8.42 Å². The molecule has 20 heavy (non-hydrogen) atoms. The largest absolute Gasteiger partial charge is 0.241 e. The number of hydrogen-bond acceptors (Lipinski definition) is 2. The van der Waals surface area contributed by atoms with Crippen molar-refractivity contribution in [3.05, 3.63) is 52.6 Å². The fourth-order valence-electron chi connectivity index (χ4n) is 2.67. The van der Waals surface area contributed by atoms with Crippen LogP contribution in [0.3, 0.4) is 0 Å². The Morgan fingerprint density at radius 2 is 1.35 bits per heavy atom. The maximum absolute atomic E-state index is 12.5. The standard InChI is InChI=1S/C16H21NO2S/c1-11-12(2)14(4)16(5,13(11)3)17-20(18,19)15-9-7-6-8-10-15/h6-10,17H,1-5H3. The molecule has 0 unspecified atom stereocenters. The lowest BCUT2D eigenvalue weighted by Gasteiger charge is -2.30. The van der Waals surface area contributed by atoms with E-state index in [1.165, 1.54) is 11.1 Å². The Labute approximate surface area is 121 Å². The van der Waals surface area contributed by atoms with Crippen molar-refractivity contribution in [3.63, 3.8) is 0 Å². The van der Waals surface area contributed by atoms with Crippen LogP contribution >= 0.6 is 0 Å². The molecule has 2 rings (SSSR count). The van der Waals surface area contributed by atoms with Crippen LogP contribution in [0.25, 0.3) is 0 Å². The van der Waals surface area contributed by atoms with E-state index in [-0.39, 0.29) is 0 Å². The Hall–Kier alpha value is -1.39. The van der Waals surface area contributed by atoms with E-state index in [0.29, 0.717) is 4.90 Å². The third-order valence-corrected chi connectivity index (χ3v) is 6.15. The monoisotopic (exact) mass is 291 g/mol. The zero-order valence-electron chi connectivity index (χ0n) is 12.6. The Morgan fingerprint density at radius 1 is 0.900 bits per heavy atom. The first kappa shape index (κ1) is 15.0. The lowest BCUT2D eigenvalue weighted by atomic mass is 9.90. The summed E-state index contributed by atoms with van der Waals surface area (Å²) in [6.45, 7) is 9.98. The highest BCUT2D eigenvalue weighted by Gasteiger charge is 2.39. The van der Waals surface area contributed by atoms with E-state index in [4.69, 9.17) is 0 Å². The smallest absolute Gasteiger partial charge is 0.207 e. The predicted molar refractivity (Wildman–Crippen MR) is 81.9 cm³/mol. The van der Waals surface area contributed by atoms with Crippen molar-refractivity contribution < 1.29 is 8.42 Å². The summed E-state index contributed by atoms with van der Waals surface area (Å²) in [5, 5.41) is 0. The molecule has 1 aromatic rings. The van der Waals surface area contributed by atoms with Crippen LogP contribution in [0.1, 0.15) is 34.6 Å². The SMILES string of the molecule is CC1=C(C)C(C)(NS(=O)(=O)c2ccccc2)C(C)=C1C. The summed E-state index contributed by atoms with van der Waals surface area (Å²) in [5.74, 6) is 0. The molecule has 0 radical (unpaired) electrons. The van der Waals surface area contributed by atoms with Crippen molar-refractivity contribution >= 4 is 10.0 Å². The van der Waals surface area contributed by atoms with Gasteiger partial charge in [-0.25, -0.2) is 8.42 Å². The van der Waals surface area contributed by atoms with Gasteiger partial charge >= 0.3 is 0 Å². The van der Waals surface area contributed by atoms with Gasteiger partial charge < -0.3 is 0 Å². The Kier molecular flexibility index (Phi) is 3.65. The van der Waals surface area contributed by atoms with Crippen LogP contribution in [0.5, 0.6) is 0 Å². The van der Waals surface area contributed by atoms with E-state index in [0.717, 1.165) is 11.1 Å². The maximum atomic E-state index is 12.5. The summed E-state index contributed by atoms with van der Waals surface area (Å²) in [7, 11) is -3.53. The molecule has 0 heterocycles. The topological polar surface area (TPSA) is 46.2 Å². The molecule has 1 N–H and O–H groups in total. The van der Waals surface area contributed by atoms with Gasteiger partial charge in [-0.15, -0.1) is 0 Å². The van der Waals surface area contributed by atoms with Crippen LogP contribution in [-0.4, -0.2) is 14.0 Å². The molecule has 0 spiro atoms. The van der Waals surface area contributed by atoms with Gasteiger partial charge in [-0.2, -0.15) is 4.72 Å². The molecular weight excluding hydrogens is 270 g/mol. The Morgan fingerprint density at radius 3 is 1.80 bits per heavy atom. The number of rotatable bonds is 3. The second kappa shape index (κ2) is 4.86. The Bertz CT molecular complexity index is 673. The molecule has 0 amide bonds. The van der Waals surface area contributed by atoms with Gasteiger partial charge in [0.15, 0.2) is 0 Å². The molecule has 1 aliphatic carbocycles. The number of benzene rings is 1. The lowest BCUT2D eigenvalue weighted by molar-refractivity contribution is 0.530. The van der Waals surface area contributed by atoms with Crippen molar-refractivity contribution in [1.29, 1.82) is 0 Å². The summed E-state index contributed by atoms with van der Waals surface area (Å²) in [6, 6.07) is 8.48. The minimum absolute atomic E-state index is 0.295. The van der Waals surface area contributed by atoms with Crippen LogP contribution in [-0.2, 0) is 10.0 Å². The van der Waals surface area contributed by atoms with Gasteiger partial charge in [-0.05, 0) is 69.0 Å². The fourth-order valence-corrected chi connectivity index (χ4v) is 4.15. The third kappa shape index (κ3) is 2.23. The van der Waals surface area contributed by atoms with Crippen LogP contribution < -0.4 is 4.72 Å². The van der Waals surface area contributed by atoms with Crippen LogP contribution in [0.2, 0.25) is 0 Å². The van der Waals surface area contributed by atoms with E-state index in [1.54, 1.807) is 30.3 Å². The zero-order chi connectivity index (χ0) is 15.1. The third-order valence-electron chi connectivity index (χ3n) is 4.58. The van der Waals surface area contributed by atoms with E-state index in [2.05, 4.69) is 4.72 Å². The van der Waals surface area contributed by atoms with E-state index < -0.39 is 15.6 Å². The summed E-state index contributed by atoms with van der Waals surface area (Å²) in [4.78, 5) is 0.295. The molecule has 0 atom stereocenters. The predicted octanol–water partition coefficient (Wildman–Crippen LogP) is 3.41. The van der Waals surface area contributed by atoms with Crippen molar-refractivity contribution in [1.82, 2.24) is 4.72 Å². The average Bonchev–Trinajstić information content (AvgIpc) is 2.56. The molecule has 0 bridgehead atoms. The van der Waals surface area contributed by atoms with Gasteiger partial charge in [-0.3, -0.25) is 0 Å². The molecule has 1 aromatic carbocycles. The van der Waals surface area contributed by atoms with Crippen molar-refractivity contribution in [2.45, 2.75) is 45.1 Å². The summed E-state index contributed by atoms with van der Waals surface area (Å²) >= 11 is 0. The quantitative estimate of drug-likeness (QED) is 0.927. The van der Waals surface area contributed by atoms with Crippen molar-refractivity contribution in [3.8, 4) is 0 Å². The molecule has 0 fully saturated rings. The fraction of sp³-hybridized carbons (Fsp3) is 0.375. The highest BCUT2D eigenvalue weighted by Crippen LogP contribution is 2.40. The highest BCUT2D eigenvalue weighted by atomic mass is 32.2. The first-order valence-corrected chi connectivity index (χ1v) is 8.14. The van der Waals surface area contributed by atoms with Gasteiger partial charge in [0.05, 0.1) is 10.4 Å². The van der Waals surface area contributed by atoms with Gasteiger partial charge in [0.2, 0.25) is 10.0 Å². The molecule has 1 aliphatic rings. The van der Waals surface area contributed by atoms with E-state index in [1.807, 2.05) is 34.6 Å². The molecule has 4 heteroatoms. The van der Waals surface area contributed by atoms with Crippen LogP contribution in [0.4, 0.5) is 0 Å². The Balaban J connectivity index is 2.45. The van der Waals surface area contributed by atoms with Gasteiger partial charge in [-0.1, -0.05) is 18.2 Å². The second-order valence-corrected chi connectivity index (χ2v) is 7.23. The van der Waals surface area contributed by atoms with Gasteiger partial charge in [0.25, 0.3) is 0 Å². The summed E-state index contributed by atoms with van der Waals surface area (Å²) in [5.41, 5.74) is 3.82. The molecule has 3 nitrogen and oxygen atoms in total. The first-order valence-electron chi connectivity index (χ1n) is 6.65. The van der Waals surface area contributed by atoms with Crippen molar-refractivity contribution in [2.24, 2.45) is 0 Å². The zero-order valence-corrected chi connectivity index (χ0v) is 13.4. The second-order valence-electron chi connectivity index (χ2n) is 5.54. The molecule has 0 aliphatic heterocycles. The maximum Gasteiger partial charge on any atom is 0.241 e. The minimum Gasteiger partial charge on any atom is -0.207 e. The summed E-state index contributed by atoms with van der Waals surface area (Å²) in [6.07, 6.45) is 0. The highest BCUT2D eigenvalue weighted by molar-refractivity contribution is 7.89.